The molecule has 0 spiro atoms. The van der Waals surface area contributed by atoms with Crippen LogP contribution in [-0.4, -0.2) is 21.4 Å². The highest BCUT2D eigenvalue weighted by Crippen LogP contribution is 2.38. The van der Waals surface area contributed by atoms with Gasteiger partial charge in [-0.15, -0.1) is 0 Å². The summed E-state index contributed by atoms with van der Waals surface area (Å²) in [6.45, 7) is 0.526. The van der Waals surface area contributed by atoms with Crippen LogP contribution in [0.5, 0.6) is 5.75 Å². The van der Waals surface area contributed by atoms with E-state index in [0.29, 0.717) is 25.4 Å². The highest BCUT2D eigenvalue weighted by atomic mass is 16.5. The number of carbonyl (C=O) groups is 1. The van der Waals surface area contributed by atoms with Gasteiger partial charge in [0.2, 0.25) is 11.9 Å². The van der Waals surface area contributed by atoms with Crippen molar-refractivity contribution in [3.63, 3.8) is 0 Å². The maximum Gasteiger partial charge on any atom is 0.243 e. The van der Waals surface area contributed by atoms with Crippen molar-refractivity contribution in [1.29, 1.82) is 0 Å². The predicted molar refractivity (Wildman–Crippen MR) is 121 cm³/mol. The van der Waals surface area contributed by atoms with E-state index in [1.165, 1.54) is 0 Å². The summed E-state index contributed by atoms with van der Waals surface area (Å²) in [5.74, 6) is 0.858. The van der Waals surface area contributed by atoms with E-state index in [9.17, 15) is 4.79 Å². The zero-order valence-electron chi connectivity index (χ0n) is 16.9. The van der Waals surface area contributed by atoms with E-state index < -0.39 is 5.54 Å². The first-order chi connectivity index (χ1) is 15.1. The minimum atomic E-state index is -0.708. The highest BCUT2D eigenvalue weighted by Gasteiger charge is 2.49. The lowest BCUT2D eigenvalue weighted by atomic mass is 10.0. The van der Waals surface area contributed by atoms with E-state index in [2.05, 4.69) is 10.3 Å². The second-order valence-corrected chi connectivity index (χ2v) is 7.81. The molecule has 5 rings (SSSR count). The quantitative estimate of drug-likeness (QED) is 0.474. The van der Waals surface area contributed by atoms with E-state index in [1.54, 1.807) is 6.20 Å². The lowest BCUT2D eigenvalue weighted by Crippen LogP contribution is -2.38. The summed E-state index contributed by atoms with van der Waals surface area (Å²) in [6.07, 6.45) is 3.17. The normalized spacial score (nSPS) is 14.2. The second kappa shape index (κ2) is 7.72. The van der Waals surface area contributed by atoms with Gasteiger partial charge in [-0.1, -0.05) is 60.7 Å². The highest BCUT2D eigenvalue weighted by molar-refractivity contribution is 5.94. The number of nitrogens with zero attached hydrogens (tertiary/aromatic N) is 2. The topological polar surface area (TPSA) is 90.1 Å². The van der Waals surface area contributed by atoms with Crippen LogP contribution in [-0.2, 0) is 11.4 Å². The summed E-state index contributed by atoms with van der Waals surface area (Å²) in [7, 11) is 0. The molecule has 6 heteroatoms. The van der Waals surface area contributed by atoms with Crippen molar-refractivity contribution in [3.8, 4) is 16.9 Å². The van der Waals surface area contributed by atoms with Crippen LogP contribution in [0.2, 0.25) is 0 Å². The number of rotatable bonds is 7. The molecule has 6 nitrogen and oxygen atoms in total. The van der Waals surface area contributed by atoms with Crippen LogP contribution in [0.4, 0.5) is 5.95 Å². The number of ether oxygens (including phenoxy) is 1. The first kappa shape index (κ1) is 19.1. The van der Waals surface area contributed by atoms with Crippen molar-refractivity contribution in [2.45, 2.75) is 25.0 Å². The molecule has 3 aromatic carbocycles. The number of benzene rings is 3. The summed E-state index contributed by atoms with van der Waals surface area (Å²) in [5.41, 5.74) is 8.77. The van der Waals surface area contributed by atoms with Crippen molar-refractivity contribution < 1.29 is 9.53 Å². The molecular formula is C25H22N4O2. The molecule has 1 heterocycles. The molecule has 1 amide bonds. The third-order valence-corrected chi connectivity index (χ3v) is 5.60. The fraction of sp³-hybridized carbons (Fsp3) is 0.160. The minimum absolute atomic E-state index is 0.365. The minimum Gasteiger partial charge on any atom is -0.489 e. The summed E-state index contributed by atoms with van der Waals surface area (Å²) >= 11 is 0. The summed E-state index contributed by atoms with van der Waals surface area (Å²) in [6, 6.07) is 24.0. The molecule has 0 bridgehead atoms. The molecule has 0 unspecified atom stereocenters. The third-order valence-electron chi connectivity index (χ3n) is 5.60. The molecule has 0 aliphatic heterocycles. The molecule has 1 fully saturated rings. The van der Waals surface area contributed by atoms with E-state index in [0.717, 1.165) is 33.3 Å². The summed E-state index contributed by atoms with van der Waals surface area (Å²) in [4.78, 5) is 20.8. The number of anilines is 1. The molecule has 1 saturated carbocycles. The van der Waals surface area contributed by atoms with Crippen molar-refractivity contribution in [3.05, 3.63) is 84.6 Å². The molecule has 1 aliphatic carbocycles. The van der Waals surface area contributed by atoms with Gasteiger partial charge in [0, 0.05) is 17.1 Å². The number of nitrogens with one attached hydrogen (secondary N) is 1. The molecule has 0 atom stereocenters. The van der Waals surface area contributed by atoms with Crippen LogP contribution in [0, 0.1) is 0 Å². The number of para-hydroxylation sites is 1. The van der Waals surface area contributed by atoms with E-state index in [-0.39, 0.29) is 5.91 Å². The van der Waals surface area contributed by atoms with Crippen LogP contribution in [0.1, 0.15) is 18.4 Å². The molecular weight excluding hydrogens is 388 g/mol. The lowest BCUT2D eigenvalue weighted by Gasteiger charge is -2.14. The Balaban J connectivity index is 1.40. The van der Waals surface area contributed by atoms with E-state index >= 15 is 0 Å². The predicted octanol–water partition coefficient (Wildman–Crippen LogP) is 4.31. The molecule has 31 heavy (non-hydrogen) atoms. The summed E-state index contributed by atoms with van der Waals surface area (Å²) in [5, 5.41) is 4.05. The Morgan fingerprint density at radius 1 is 1.00 bits per heavy atom. The smallest absolute Gasteiger partial charge is 0.243 e. The van der Waals surface area contributed by atoms with Crippen molar-refractivity contribution in [1.82, 2.24) is 9.97 Å². The van der Waals surface area contributed by atoms with Gasteiger partial charge in [-0.05, 0) is 36.1 Å². The molecule has 4 aromatic rings. The molecule has 1 aliphatic rings. The second-order valence-electron chi connectivity index (χ2n) is 7.81. The zero-order valence-corrected chi connectivity index (χ0v) is 16.9. The number of carbonyl (C=O) groups excluding carboxylic acids is 1. The Morgan fingerprint density at radius 2 is 1.77 bits per heavy atom. The van der Waals surface area contributed by atoms with Gasteiger partial charge in [0.25, 0.3) is 0 Å². The Hall–Kier alpha value is -3.93. The van der Waals surface area contributed by atoms with Gasteiger partial charge in [0.05, 0.1) is 5.52 Å². The van der Waals surface area contributed by atoms with Gasteiger partial charge in [0.15, 0.2) is 0 Å². The van der Waals surface area contributed by atoms with Gasteiger partial charge in [-0.25, -0.2) is 9.97 Å². The Labute approximate surface area is 180 Å². The van der Waals surface area contributed by atoms with Crippen LogP contribution in [0.25, 0.3) is 22.0 Å². The first-order valence-electron chi connectivity index (χ1n) is 10.2. The van der Waals surface area contributed by atoms with Crippen LogP contribution in [0.15, 0.2) is 79.0 Å². The Bertz CT molecular complexity index is 1240. The number of aromatic nitrogens is 2. The zero-order chi connectivity index (χ0) is 21.3. The largest absolute Gasteiger partial charge is 0.489 e. The first-order valence-corrected chi connectivity index (χ1v) is 10.2. The van der Waals surface area contributed by atoms with Gasteiger partial charge in [-0.3, -0.25) is 4.79 Å². The van der Waals surface area contributed by atoms with Crippen LogP contribution in [0.3, 0.4) is 0 Å². The van der Waals surface area contributed by atoms with Gasteiger partial charge < -0.3 is 15.8 Å². The molecule has 1 aromatic heterocycles. The van der Waals surface area contributed by atoms with Gasteiger partial charge in [0.1, 0.15) is 17.9 Å². The van der Waals surface area contributed by atoms with Gasteiger partial charge in [-0.2, -0.15) is 0 Å². The fourth-order valence-electron chi connectivity index (χ4n) is 3.59. The average molecular weight is 410 g/mol. The van der Waals surface area contributed by atoms with Crippen LogP contribution < -0.4 is 15.8 Å². The maximum absolute atomic E-state index is 11.7. The van der Waals surface area contributed by atoms with Crippen molar-refractivity contribution in [2.75, 3.05) is 5.32 Å². The third kappa shape index (κ3) is 3.92. The molecule has 154 valence electrons. The summed E-state index contributed by atoms with van der Waals surface area (Å²) < 4.78 is 5.89. The van der Waals surface area contributed by atoms with Crippen LogP contribution >= 0.6 is 0 Å². The number of fused-ring (bicyclic) bond motifs is 1. The Kier molecular flexibility index (Phi) is 4.75. The van der Waals surface area contributed by atoms with E-state index in [1.807, 2.05) is 72.8 Å². The maximum atomic E-state index is 11.7. The van der Waals surface area contributed by atoms with E-state index in [4.69, 9.17) is 15.5 Å². The van der Waals surface area contributed by atoms with Crippen molar-refractivity contribution in [2.24, 2.45) is 5.73 Å². The number of nitrogens with two attached hydrogens (primary N) is 1. The number of primary amides is 1. The number of hydrogen-bond donors (Lipinski definition) is 2. The molecule has 0 saturated heterocycles. The van der Waals surface area contributed by atoms with Gasteiger partial charge >= 0.3 is 0 Å². The SMILES string of the molecule is NC(=O)C1(Nc2ncc3cccc(-c4ccc(OCc5ccccc5)cc4)c3n2)CC1. The standard InChI is InChI=1S/C25H22N4O2/c26-23(30)25(13-14-25)29-24-27-15-19-7-4-8-21(22(19)28-24)18-9-11-20(12-10-18)31-16-17-5-2-1-3-6-17/h1-12,15H,13-14,16H2,(H2,26,30)(H,27,28,29). The average Bonchev–Trinajstić information content (AvgIpc) is 3.59. The number of amides is 1. The Morgan fingerprint density at radius 3 is 2.48 bits per heavy atom. The fourth-order valence-corrected chi connectivity index (χ4v) is 3.59. The van der Waals surface area contributed by atoms with Crippen molar-refractivity contribution >= 4 is 22.8 Å². The lowest BCUT2D eigenvalue weighted by molar-refractivity contribution is -0.119. The monoisotopic (exact) mass is 410 g/mol. The number of hydrogen-bond acceptors (Lipinski definition) is 5. The molecule has 3 N–H and O–H groups in total. The molecule has 0 radical (unpaired) electrons.